The maximum absolute atomic E-state index is 12.4. The van der Waals surface area contributed by atoms with Gasteiger partial charge in [0.15, 0.2) is 6.10 Å². The molecule has 1 heterocycles. The fourth-order valence-electron chi connectivity index (χ4n) is 2.18. The van der Waals surface area contributed by atoms with Crippen molar-refractivity contribution in [1.82, 2.24) is 10.2 Å². The third kappa shape index (κ3) is 4.79. The number of aromatic nitrogens is 2. The molecule has 0 aliphatic carbocycles. The van der Waals surface area contributed by atoms with Crippen LogP contribution in [0.5, 0.6) is 5.75 Å². The largest absolute Gasteiger partial charge is 0.481 e. The molecular weight excluding hydrogens is 374 g/mol. The van der Waals surface area contributed by atoms with E-state index < -0.39 is 21.8 Å². The molecule has 9 heteroatoms. The van der Waals surface area contributed by atoms with Crippen LogP contribution in [-0.2, 0) is 14.6 Å². The van der Waals surface area contributed by atoms with Gasteiger partial charge in [-0.15, -0.1) is 10.2 Å². The summed E-state index contributed by atoms with van der Waals surface area (Å²) < 4.78 is 29.3. The minimum absolute atomic E-state index is 0.0690. The molecule has 1 aromatic heterocycles. The molecule has 1 N–H and O–H groups in total. The molecule has 0 spiro atoms. The van der Waals surface area contributed by atoms with Crippen LogP contribution in [0, 0.1) is 6.92 Å². The predicted molar refractivity (Wildman–Crippen MR) is 102 cm³/mol. The lowest BCUT2D eigenvalue weighted by molar-refractivity contribution is -0.122. The second-order valence-electron chi connectivity index (χ2n) is 6.22. The number of rotatable bonds is 7. The molecule has 1 aromatic carbocycles. The van der Waals surface area contributed by atoms with Crippen molar-refractivity contribution >= 4 is 32.2 Å². The quantitative estimate of drug-likeness (QED) is 0.721. The van der Waals surface area contributed by atoms with Gasteiger partial charge in [-0.2, -0.15) is 0 Å². The molecule has 26 heavy (non-hydrogen) atoms. The van der Waals surface area contributed by atoms with Crippen molar-refractivity contribution in [1.29, 1.82) is 0 Å². The first-order valence-electron chi connectivity index (χ1n) is 8.28. The van der Waals surface area contributed by atoms with Crippen molar-refractivity contribution in [2.45, 2.75) is 51.0 Å². The van der Waals surface area contributed by atoms with Crippen LogP contribution in [-0.4, -0.2) is 36.4 Å². The highest BCUT2D eigenvalue weighted by atomic mass is 32.2. The highest BCUT2D eigenvalue weighted by molar-refractivity contribution is 7.93. The predicted octanol–water partition coefficient (Wildman–Crippen LogP) is 3.17. The molecule has 1 atom stereocenters. The normalized spacial score (nSPS) is 12.8. The summed E-state index contributed by atoms with van der Waals surface area (Å²) >= 11 is 0.829. The first-order valence-corrected chi connectivity index (χ1v) is 10.7. The van der Waals surface area contributed by atoms with E-state index in [0.29, 0.717) is 5.75 Å². The summed E-state index contributed by atoms with van der Waals surface area (Å²) in [5, 5.41) is 10.0. The van der Waals surface area contributed by atoms with E-state index in [1.54, 1.807) is 6.92 Å². The highest BCUT2D eigenvalue weighted by Crippen LogP contribution is 2.28. The van der Waals surface area contributed by atoms with Crippen LogP contribution in [0.4, 0.5) is 5.13 Å². The molecule has 2 rings (SSSR count). The van der Waals surface area contributed by atoms with E-state index in [0.717, 1.165) is 22.5 Å². The molecule has 0 aliphatic heterocycles. The van der Waals surface area contributed by atoms with Crippen molar-refractivity contribution in [3.05, 3.63) is 29.3 Å². The molecular formula is C17H23N3O4S2. The van der Waals surface area contributed by atoms with Gasteiger partial charge in [0.1, 0.15) is 5.75 Å². The topological polar surface area (TPSA) is 98.3 Å². The Balaban J connectivity index is 2.11. The van der Waals surface area contributed by atoms with E-state index in [2.05, 4.69) is 29.4 Å². The Labute approximate surface area is 157 Å². The lowest BCUT2D eigenvalue weighted by Gasteiger charge is -2.18. The fraction of sp³-hybridized carbons (Fsp3) is 0.471. The van der Waals surface area contributed by atoms with E-state index >= 15 is 0 Å². The molecule has 0 fully saturated rings. The monoisotopic (exact) mass is 397 g/mol. The lowest BCUT2D eigenvalue weighted by Crippen LogP contribution is -2.30. The summed E-state index contributed by atoms with van der Waals surface area (Å²) in [6, 6.07) is 5.90. The zero-order valence-electron chi connectivity index (χ0n) is 15.4. The Morgan fingerprint density at radius 3 is 2.58 bits per heavy atom. The van der Waals surface area contributed by atoms with Crippen LogP contribution in [0.25, 0.3) is 0 Å². The maximum atomic E-state index is 12.4. The summed E-state index contributed by atoms with van der Waals surface area (Å²) in [7, 11) is -3.44. The van der Waals surface area contributed by atoms with Crippen molar-refractivity contribution in [3.8, 4) is 5.75 Å². The second kappa shape index (κ2) is 8.13. The molecule has 0 bridgehead atoms. The highest BCUT2D eigenvalue weighted by Gasteiger charge is 2.22. The van der Waals surface area contributed by atoms with Gasteiger partial charge in [-0.25, -0.2) is 8.42 Å². The van der Waals surface area contributed by atoms with E-state index in [9.17, 15) is 13.2 Å². The number of ether oxygens (including phenoxy) is 1. The number of anilines is 1. The summed E-state index contributed by atoms with van der Waals surface area (Å²) in [5.41, 5.74) is 2.05. The number of amides is 1. The standard InChI is InChI=1S/C17H23N3O4S2/c1-6-26(22,23)17-20-19-16(25-17)18-15(21)12(5)24-14-9-11(4)7-8-13(14)10(2)3/h7-10,12H,6H2,1-5H3,(H,18,19,21). The number of nitrogens with zero attached hydrogens (tertiary/aromatic N) is 2. The number of carbonyl (C=O) groups is 1. The van der Waals surface area contributed by atoms with Crippen molar-refractivity contribution in [2.24, 2.45) is 0 Å². The smallest absolute Gasteiger partial charge is 0.266 e. The molecule has 0 saturated carbocycles. The maximum Gasteiger partial charge on any atom is 0.266 e. The number of nitrogens with one attached hydrogen (secondary N) is 1. The van der Waals surface area contributed by atoms with Crippen LogP contribution in [0.1, 0.15) is 44.7 Å². The number of carbonyl (C=O) groups excluding carboxylic acids is 1. The molecule has 2 aromatic rings. The average Bonchev–Trinajstić information content (AvgIpc) is 3.03. The zero-order valence-corrected chi connectivity index (χ0v) is 17.1. The van der Waals surface area contributed by atoms with Crippen LogP contribution in [0.15, 0.2) is 22.5 Å². The Morgan fingerprint density at radius 1 is 1.27 bits per heavy atom. The zero-order chi connectivity index (χ0) is 19.5. The number of aryl methyl sites for hydroxylation is 1. The second-order valence-corrected chi connectivity index (χ2v) is 9.65. The number of sulfone groups is 1. The fourth-order valence-corrected chi connectivity index (χ4v) is 4.17. The van der Waals surface area contributed by atoms with Gasteiger partial charge in [-0.1, -0.05) is 44.2 Å². The van der Waals surface area contributed by atoms with Gasteiger partial charge >= 0.3 is 0 Å². The molecule has 0 radical (unpaired) electrons. The minimum Gasteiger partial charge on any atom is -0.481 e. The number of benzene rings is 1. The molecule has 1 unspecified atom stereocenters. The summed E-state index contributed by atoms with van der Waals surface area (Å²) in [4.78, 5) is 12.4. The van der Waals surface area contributed by atoms with Crippen LogP contribution < -0.4 is 10.1 Å². The Hall–Kier alpha value is -2.00. The van der Waals surface area contributed by atoms with E-state index in [1.807, 2.05) is 25.1 Å². The van der Waals surface area contributed by atoms with Gasteiger partial charge in [0.25, 0.3) is 5.91 Å². The van der Waals surface area contributed by atoms with Crippen LogP contribution in [0.3, 0.4) is 0 Å². The summed E-state index contributed by atoms with van der Waals surface area (Å²) in [6.07, 6.45) is -0.774. The number of hydrogen-bond acceptors (Lipinski definition) is 7. The summed E-state index contributed by atoms with van der Waals surface area (Å²) in [6.45, 7) is 9.22. The van der Waals surface area contributed by atoms with Gasteiger partial charge in [0.05, 0.1) is 5.75 Å². The Kier molecular flexibility index (Phi) is 6.35. The van der Waals surface area contributed by atoms with Gasteiger partial charge in [0, 0.05) is 0 Å². The lowest BCUT2D eigenvalue weighted by atomic mass is 10.0. The molecule has 142 valence electrons. The van der Waals surface area contributed by atoms with Crippen LogP contribution in [0.2, 0.25) is 0 Å². The van der Waals surface area contributed by atoms with E-state index in [4.69, 9.17) is 4.74 Å². The Bertz CT molecular complexity index is 891. The molecule has 7 nitrogen and oxygen atoms in total. The molecule has 1 amide bonds. The van der Waals surface area contributed by atoms with Gasteiger partial charge in [-0.3, -0.25) is 10.1 Å². The Morgan fingerprint density at radius 2 is 1.96 bits per heavy atom. The minimum atomic E-state index is -3.44. The molecule has 0 saturated heterocycles. The van der Waals surface area contributed by atoms with E-state index in [1.165, 1.54) is 6.92 Å². The number of hydrogen-bond donors (Lipinski definition) is 1. The van der Waals surface area contributed by atoms with Crippen molar-refractivity contribution in [2.75, 3.05) is 11.1 Å². The first-order chi connectivity index (χ1) is 12.1. The average molecular weight is 398 g/mol. The summed E-state index contributed by atoms with van der Waals surface area (Å²) in [5.74, 6) is 0.429. The van der Waals surface area contributed by atoms with Crippen molar-refractivity contribution < 1.29 is 17.9 Å². The third-order valence-electron chi connectivity index (χ3n) is 3.75. The van der Waals surface area contributed by atoms with Gasteiger partial charge < -0.3 is 4.74 Å². The van der Waals surface area contributed by atoms with Crippen LogP contribution >= 0.6 is 11.3 Å². The van der Waals surface area contributed by atoms with Gasteiger partial charge in [-0.05, 0) is 37.0 Å². The van der Waals surface area contributed by atoms with E-state index in [-0.39, 0.29) is 21.1 Å². The van der Waals surface area contributed by atoms with Gasteiger partial charge in [0.2, 0.25) is 19.3 Å². The SMILES string of the molecule is CCS(=O)(=O)c1nnc(NC(=O)C(C)Oc2cc(C)ccc2C(C)C)s1. The van der Waals surface area contributed by atoms with Crippen molar-refractivity contribution in [3.63, 3.8) is 0 Å². The molecule has 0 aliphatic rings. The first kappa shape index (κ1) is 20.3. The third-order valence-corrected chi connectivity index (χ3v) is 6.77.